The predicted octanol–water partition coefficient (Wildman–Crippen LogP) is 1.63. The summed E-state index contributed by atoms with van der Waals surface area (Å²) < 4.78 is 5.33. The van der Waals surface area contributed by atoms with Crippen LogP contribution in [0.15, 0.2) is 6.20 Å². The Morgan fingerprint density at radius 3 is 2.89 bits per heavy atom. The highest BCUT2D eigenvalue weighted by atomic mass is 16.5. The van der Waals surface area contributed by atoms with Crippen molar-refractivity contribution >= 4 is 5.97 Å². The lowest BCUT2D eigenvalue weighted by Crippen LogP contribution is -2.12. The number of hydrogen-bond donors (Lipinski definition) is 1. The first-order valence-electron chi connectivity index (χ1n) is 6.41. The van der Waals surface area contributed by atoms with Crippen molar-refractivity contribution in [2.24, 2.45) is 5.92 Å². The summed E-state index contributed by atoms with van der Waals surface area (Å²) in [7, 11) is 0. The van der Waals surface area contributed by atoms with Gasteiger partial charge in [0.25, 0.3) is 0 Å². The van der Waals surface area contributed by atoms with Gasteiger partial charge in [-0.3, -0.25) is 0 Å². The lowest BCUT2D eigenvalue weighted by Gasteiger charge is -2.09. The van der Waals surface area contributed by atoms with E-state index in [4.69, 9.17) is 9.84 Å². The average molecular weight is 248 g/mol. The van der Waals surface area contributed by atoms with Gasteiger partial charge in [0.05, 0.1) is 11.3 Å². The van der Waals surface area contributed by atoms with Gasteiger partial charge in [0.15, 0.2) is 0 Å². The van der Waals surface area contributed by atoms with E-state index in [1.807, 2.05) is 0 Å². The van der Waals surface area contributed by atoms with Crippen LogP contribution in [0.5, 0.6) is 0 Å². The largest absolute Gasteiger partial charge is 0.478 e. The summed E-state index contributed by atoms with van der Waals surface area (Å²) in [5, 5.41) is 9.12. The molecule has 5 nitrogen and oxygen atoms in total. The Morgan fingerprint density at radius 2 is 2.28 bits per heavy atom. The molecule has 0 spiro atoms. The number of aromatic carboxylic acids is 1. The summed E-state index contributed by atoms with van der Waals surface area (Å²) in [6, 6.07) is 0. The van der Waals surface area contributed by atoms with Gasteiger partial charge in [0.2, 0.25) is 0 Å². The number of hydrogen-bond acceptors (Lipinski definition) is 4. The van der Waals surface area contributed by atoms with Crippen LogP contribution in [0.25, 0.3) is 0 Å². The van der Waals surface area contributed by atoms with Crippen LogP contribution in [0, 0.1) is 5.92 Å². The van der Waals surface area contributed by atoms with Crippen LogP contribution in [-0.4, -0.2) is 34.3 Å². The number of carbonyl (C=O) groups is 1. The summed E-state index contributed by atoms with van der Waals surface area (Å²) in [5.41, 5.74) is 0.996. The third kappa shape index (κ3) is 2.36. The third-order valence-electron chi connectivity index (χ3n) is 3.56. The molecule has 2 fully saturated rings. The highest BCUT2D eigenvalue weighted by Gasteiger charge is 2.30. The smallest absolute Gasteiger partial charge is 0.339 e. The lowest BCUT2D eigenvalue weighted by atomic mass is 10.0. The maximum absolute atomic E-state index is 11.1. The van der Waals surface area contributed by atoms with Crippen molar-refractivity contribution in [3.8, 4) is 0 Å². The number of carboxylic acid groups (broad SMARTS) is 1. The molecule has 1 saturated carbocycles. The number of rotatable bonds is 4. The Balaban J connectivity index is 1.82. The van der Waals surface area contributed by atoms with Crippen LogP contribution >= 0.6 is 0 Å². The Labute approximate surface area is 105 Å². The molecule has 1 unspecified atom stereocenters. The minimum Gasteiger partial charge on any atom is -0.478 e. The van der Waals surface area contributed by atoms with Gasteiger partial charge in [-0.05, 0) is 25.2 Å². The summed E-state index contributed by atoms with van der Waals surface area (Å²) in [5.74, 6) is 0.649. The van der Waals surface area contributed by atoms with E-state index in [2.05, 4.69) is 9.97 Å². The van der Waals surface area contributed by atoms with Gasteiger partial charge in [-0.1, -0.05) is 0 Å². The zero-order valence-electron chi connectivity index (χ0n) is 10.1. The molecule has 0 amide bonds. The fourth-order valence-corrected chi connectivity index (χ4v) is 2.37. The maximum Gasteiger partial charge on any atom is 0.339 e. The van der Waals surface area contributed by atoms with Crippen molar-refractivity contribution in [1.29, 1.82) is 0 Å². The molecule has 96 valence electrons. The average Bonchev–Trinajstić information content (AvgIpc) is 3.08. The van der Waals surface area contributed by atoms with Crippen LogP contribution in [-0.2, 0) is 11.2 Å². The van der Waals surface area contributed by atoms with E-state index in [9.17, 15) is 4.79 Å². The van der Waals surface area contributed by atoms with Crippen molar-refractivity contribution in [1.82, 2.24) is 9.97 Å². The van der Waals surface area contributed by atoms with Gasteiger partial charge >= 0.3 is 5.97 Å². The molecule has 1 aromatic rings. The van der Waals surface area contributed by atoms with Gasteiger partial charge in [-0.15, -0.1) is 0 Å². The normalized spacial score (nSPS) is 23.2. The van der Waals surface area contributed by atoms with E-state index in [1.54, 1.807) is 0 Å². The molecule has 0 bridgehead atoms. The van der Waals surface area contributed by atoms with Gasteiger partial charge in [0, 0.05) is 31.7 Å². The summed E-state index contributed by atoms with van der Waals surface area (Å²) >= 11 is 0. The van der Waals surface area contributed by atoms with Crippen molar-refractivity contribution in [2.45, 2.75) is 31.6 Å². The van der Waals surface area contributed by atoms with E-state index in [-0.39, 0.29) is 5.56 Å². The molecule has 1 aliphatic carbocycles. The summed E-state index contributed by atoms with van der Waals surface area (Å²) in [6.45, 7) is 1.58. The molecule has 1 aromatic heterocycles. The van der Waals surface area contributed by atoms with Gasteiger partial charge in [0.1, 0.15) is 5.82 Å². The van der Waals surface area contributed by atoms with E-state index in [0.29, 0.717) is 11.8 Å². The summed E-state index contributed by atoms with van der Waals surface area (Å²) in [6.07, 6.45) is 5.39. The fraction of sp³-hybridized carbons (Fsp3) is 0.615. The Bertz CT molecular complexity index is 465. The molecular formula is C13H16N2O3. The third-order valence-corrected chi connectivity index (χ3v) is 3.56. The van der Waals surface area contributed by atoms with Crippen molar-refractivity contribution in [3.63, 3.8) is 0 Å². The highest BCUT2D eigenvalue weighted by molar-refractivity contribution is 5.88. The zero-order chi connectivity index (χ0) is 12.5. The van der Waals surface area contributed by atoms with Crippen LogP contribution < -0.4 is 0 Å². The SMILES string of the molecule is O=C(O)c1cnc(CC2CCOC2)nc1C1CC1. The molecule has 0 aromatic carbocycles. The second-order valence-electron chi connectivity index (χ2n) is 5.10. The van der Waals surface area contributed by atoms with Crippen molar-refractivity contribution in [3.05, 3.63) is 23.3 Å². The van der Waals surface area contributed by atoms with Crippen LogP contribution in [0.3, 0.4) is 0 Å². The molecule has 2 aliphatic rings. The first-order chi connectivity index (χ1) is 8.74. The van der Waals surface area contributed by atoms with E-state index >= 15 is 0 Å². The molecule has 1 saturated heterocycles. The predicted molar refractivity (Wildman–Crippen MR) is 63.6 cm³/mol. The molecular weight excluding hydrogens is 232 g/mol. The Kier molecular flexibility index (Phi) is 2.99. The highest BCUT2D eigenvalue weighted by Crippen LogP contribution is 2.40. The second kappa shape index (κ2) is 4.65. The van der Waals surface area contributed by atoms with Crippen LogP contribution in [0.4, 0.5) is 0 Å². The number of nitrogens with zero attached hydrogens (tertiary/aromatic N) is 2. The first-order valence-corrected chi connectivity index (χ1v) is 6.41. The minimum absolute atomic E-state index is 0.268. The number of ether oxygens (including phenoxy) is 1. The number of carboxylic acids is 1. The second-order valence-corrected chi connectivity index (χ2v) is 5.10. The van der Waals surface area contributed by atoms with E-state index in [1.165, 1.54) is 6.20 Å². The topological polar surface area (TPSA) is 72.3 Å². The molecule has 18 heavy (non-hydrogen) atoms. The van der Waals surface area contributed by atoms with Gasteiger partial charge < -0.3 is 9.84 Å². The molecule has 1 atom stereocenters. The first kappa shape index (κ1) is 11.6. The zero-order valence-corrected chi connectivity index (χ0v) is 10.1. The molecule has 0 radical (unpaired) electrons. The van der Waals surface area contributed by atoms with Crippen molar-refractivity contribution in [2.75, 3.05) is 13.2 Å². The van der Waals surface area contributed by atoms with Gasteiger partial charge in [-0.2, -0.15) is 0 Å². The van der Waals surface area contributed by atoms with Crippen molar-refractivity contribution < 1.29 is 14.6 Å². The molecule has 1 aliphatic heterocycles. The Morgan fingerprint density at radius 1 is 1.44 bits per heavy atom. The van der Waals surface area contributed by atoms with E-state index < -0.39 is 5.97 Å². The standard InChI is InChI=1S/C13H16N2O3/c16-13(17)10-6-14-11(5-8-3-4-18-7-8)15-12(10)9-1-2-9/h6,8-9H,1-5,7H2,(H,16,17). The van der Waals surface area contributed by atoms with Crippen LogP contribution in [0.1, 0.15) is 47.1 Å². The quantitative estimate of drug-likeness (QED) is 0.876. The summed E-state index contributed by atoms with van der Waals surface area (Å²) in [4.78, 5) is 19.8. The lowest BCUT2D eigenvalue weighted by molar-refractivity contribution is 0.0694. The van der Waals surface area contributed by atoms with E-state index in [0.717, 1.165) is 50.4 Å². The molecule has 1 N–H and O–H groups in total. The van der Waals surface area contributed by atoms with Crippen LogP contribution in [0.2, 0.25) is 0 Å². The molecule has 3 rings (SSSR count). The maximum atomic E-state index is 11.1. The Hall–Kier alpha value is -1.49. The molecule has 2 heterocycles. The monoisotopic (exact) mass is 248 g/mol. The molecule has 5 heteroatoms. The minimum atomic E-state index is -0.923. The number of aromatic nitrogens is 2. The van der Waals surface area contributed by atoms with Gasteiger partial charge in [-0.25, -0.2) is 14.8 Å². The fourth-order valence-electron chi connectivity index (χ4n) is 2.37.